The van der Waals surface area contributed by atoms with E-state index in [1.54, 1.807) is 12.1 Å². The Labute approximate surface area is 168 Å². The second-order valence-electron chi connectivity index (χ2n) is 8.34. The summed E-state index contributed by atoms with van der Waals surface area (Å²) in [5.41, 5.74) is 1.88. The van der Waals surface area contributed by atoms with Gasteiger partial charge in [-0.3, -0.25) is 4.79 Å². The van der Waals surface area contributed by atoms with E-state index in [2.05, 4.69) is 0 Å². The molecular formula is C23H23FO5. The van der Waals surface area contributed by atoms with Crippen molar-refractivity contribution in [3.63, 3.8) is 0 Å². The number of hydrogen-bond donors (Lipinski definition) is 0. The molecule has 6 atom stereocenters. The maximum Gasteiger partial charge on any atom is 0.310 e. The molecule has 0 spiro atoms. The lowest BCUT2D eigenvalue weighted by atomic mass is 9.75. The van der Waals surface area contributed by atoms with Gasteiger partial charge in [-0.1, -0.05) is 42.5 Å². The highest BCUT2D eigenvalue weighted by molar-refractivity contribution is 5.76. The highest BCUT2D eigenvalue weighted by Crippen LogP contribution is 2.48. The van der Waals surface area contributed by atoms with Gasteiger partial charge in [-0.05, 0) is 43.5 Å². The number of fused-ring (bicyclic) bond motifs is 3. The number of carbonyl (C=O) groups is 1. The molecule has 3 aliphatic heterocycles. The minimum atomic E-state index is -0.793. The molecule has 0 unspecified atom stereocenters. The second-order valence-corrected chi connectivity index (χ2v) is 8.34. The molecule has 0 aliphatic carbocycles. The molecule has 0 saturated carbocycles. The van der Waals surface area contributed by atoms with Gasteiger partial charge in [0.15, 0.2) is 24.3 Å². The summed E-state index contributed by atoms with van der Waals surface area (Å²) in [5, 5.41) is 0. The molecule has 0 N–H and O–H groups in total. The molecule has 152 valence electrons. The zero-order valence-electron chi connectivity index (χ0n) is 16.3. The number of hydrogen-bond acceptors (Lipinski definition) is 5. The first-order valence-corrected chi connectivity index (χ1v) is 9.92. The van der Waals surface area contributed by atoms with Crippen LogP contribution < -0.4 is 0 Å². The molecule has 5 nitrogen and oxygen atoms in total. The molecule has 3 saturated heterocycles. The molecule has 0 amide bonds. The third-order valence-corrected chi connectivity index (χ3v) is 5.92. The largest absolute Gasteiger partial charge is 0.456 e. The van der Waals surface area contributed by atoms with Gasteiger partial charge in [0.2, 0.25) is 0 Å². The topological polar surface area (TPSA) is 54.0 Å². The summed E-state index contributed by atoms with van der Waals surface area (Å²) in [6.07, 6.45) is -1.53. The zero-order chi connectivity index (χ0) is 20.2. The van der Waals surface area contributed by atoms with Crippen molar-refractivity contribution in [2.24, 2.45) is 5.92 Å². The zero-order valence-corrected chi connectivity index (χ0v) is 16.3. The van der Waals surface area contributed by atoms with Crippen LogP contribution in [0.5, 0.6) is 0 Å². The lowest BCUT2D eigenvalue weighted by molar-refractivity contribution is -0.231. The summed E-state index contributed by atoms with van der Waals surface area (Å²) in [5.74, 6) is -2.14. The van der Waals surface area contributed by atoms with Gasteiger partial charge >= 0.3 is 5.97 Å². The lowest BCUT2D eigenvalue weighted by Crippen LogP contribution is -2.50. The third-order valence-electron chi connectivity index (χ3n) is 5.92. The van der Waals surface area contributed by atoms with Crippen molar-refractivity contribution in [1.82, 2.24) is 0 Å². The molecule has 0 aromatic heterocycles. The molecule has 6 heteroatoms. The molecule has 0 bridgehead atoms. The Morgan fingerprint density at radius 1 is 0.931 bits per heavy atom. The van der Waals surface area contributed by atoms with E-state index in [1.807, 2.05) is 44.2 Å². The summed E-state index contributed by atoms with van der Waals surface area (Å²) in [6, 6.07) is 16.1. The minimum Gasteiger partial charge on any atom is -0.456 e. The first-order valence-electron chi connectivity index (χ1n) is 9.92. The molecular weight excluding hydrogens is 375 g/mol. The maximum atomic E-state index is 13.6. The standard InChI is InChI=1S/C23H23FO5/c1-23(2)28-20-19-18(27-22(20)29-23)17(14-8-10-15(24)11-9-14)16(21(25)26-19)12-13-6-4-3-5-7-13/h3-11,16-20,22H,12H2,1-2H3/t16-,17-,18+,19-,20+,22+/m0/s1. The summed E-state index contributed by atoms with van der Waals surface area (Å²) in [6.45, 7) is 3.62. The SMILES string of the molecule is CC1(C)O[C@H]2O[C@H]3[C@H](OC(=O)[C@@H](Cc4ccccc4)[C@@H]3c3ccc(F)cc3)[C@H]2O1. The van der Waals surface area contributed by atoms with Gasteiger partial charge in [-0.2, -0.15) is 0 Å². The van der Waals surface area contributed by atoms with Crippen LogP contribution in [-0.2, 0) is 30.2 Å². The van der Waals surface area contributed by atoms with Crippen LogP contribution in [-0.4, -0.2) is 36.4 Å². The highest BCUT2D eigenvalue weighted by atomic mass is 19.1. The Morgan fingerprint density at radius 3 is 2.38 bits per heavy atom. The minimum absolute atomic E-state index is 0.289. The van der Waals surface area contributed by atoms with Crippen LogP contribution in [0.1, 0.15) is 30.9 Å². The van der Waals surface area contributed by atoms with Gasteiger partial charge in [0, 0.05) is 5.92 Å². The van der Waals surface area contributed by atoms with Crippen LogP contribution in [0.15, 0.2) is 54.6 Å². The van der Waals surface area contributed by atoms with Crippen LogP contribution in [0.25, 0.3) is 0 Å². The van der Waals surface area contributed by atoms with Crippen molar-refractivity contribution in [3.05, 3.63) is 71.5 Å². The second kappa shape index (κ2) is 6.90. The van der Waals surface area contributed by atoms with Crippen molar-refractivity contribution >= 4 is 5.97 Å². The van der Waals surface area contributed by atoms with E-state index in [1.165, 1.54) is 12.1 Å². The summed E-state index contributed by atoms with van der Waals surface area (Å²) in [7, 11) is 0. The molecule has 2 aromatic rings. The average Bonchev–Trinajstić information content (AvgIpc) is 3.16. The summed E-state index contributed by atoms with van der Waals surface area (Å²) in [4.78, 5) is 13.1. The molecule has 3 fully saturated rings. The fourth-order valence-electron chi connectivity index (χ4n) is 4.71. The van der Waals surface area contributed by atoms with E-state index in [4.69, 9.17) is 18.9 Å². The number of rotatable bonds is 3. The van der Waals surface area contributed by atoms with Crippen LogP contribution in [0.3, 0.4) is 0 Å². The Hall–Kier alpha value is -2.28. The number of benzene rings is 2. The van der Waals surface area contributed by atoms with Crippen molar-refractivity contribution in [1.29, 1.82) is 0 Å². The predicted octanol–water partition coefficient (Wildman–Crippen LogP) is 3.57. The van der Waals surface area contributed by atoms with Crippen molar-refractivity contribution in [2.75, 3.05) is 0 Å². The van der Waals surface area contributed by atoms with Gasteiger partial charge in [-0.15, -0.1) is 0 Å². The van der Waals surface area contributed by atoms with Gasteiger partial charge in [-0.25, -0.2) is 4.39 Å². The van der Waals surface area contributed by atoms with Gasteiger partial charge in [0.1, 0.15) is 11.9 Å². The van der Waals surface area contributed by atoms with Crippen molar-refractivity contribution in [2.45, 2.75) is 56.6 Å². The Kier molecular flexibility index (Phi) is 4.46. The fourth-order valence-corrected chi connectivity index (χ4v) is 4.71. The van der Waals surface area contributed by atoms with E-state index in [9.17, 15) is 9.18 Å². The highest BCUT2D eigenvalue weighted by Gasteiger charge is 2.62. The van der Waals surface area contributed by atoms with E-state index in [0.29, 0.717) is 6.42 Å². The number of carbonyl (C=O) groups excluding carboxylic acids is 1. The van der Waals surface area contributed by atoms with Crippen molar-refractivity contribution < 1.29 is 28.1 Å². The first-order chi connectivity index (χ1) is 13.9. The number of ether oxygens (including phenoxy) is 4. The molecule has 0 radical (unpaired) electrons. The van der Waals surface area contributed by atoms with Gasteiger partial charge in [0.25, 0.3) is 0 Å². The maximum absolute atomic E-state index is 13.6. The van der Waals surface area contributed by atoms with Crippen LogP contribution in [0, 0.1) is 11.7 Å². The Balaban J connectivity index is 1.51. The van der Waals surface area contributed by atoms with E-state index in [-0.39, 0.29) is 17.7 Å². The van der Waals surface area contributed by atoms with Gasteiger partial charge in [0.05, 0.1) is 5.92 Å². The van der Waals surface area contributed by atoms with Crippen LogP contribution >= 0.6 is 0 Å². The lowest BCUT2D eigenvalue weighted by Gasteiger charge is -2.39. The summed E-state index contributed by atoms with van der Waals surface area (Å²) < 4.78 is 37.4. The number of halogens is 1. The van der Waals surface area contributed by atoms with Crippen molar-refractivity contribution in [3.8, 4) is 0 Å². The molecule has 2 aromatic carbocycles. The van der Waals surface area contributed by atoms with E-state index in [0.717, 1.165) is 11.1 Å². The molecule has 3 heterocycles. The molecule has 29 heavy (non-hydrogen) atoms. The fraction of sp³-hybridized carbons (Fsp3) is 0.435. The molecule has 3 aliphatic rings. The van der Waals surface area contributed by atoms with Crippen LogP contribution in [0.4, 0.5) is 4.39 Å². The normalized spacial score (nSPS) is 35.1. The Bertz CT molecular complexity index is 897. The first kappa shape index (κ1) is 18.7. The molecule has 5 rings (SSSR count). The predicted molar refractivity (Wildman–Crippen MR) is 101 cm³/mol. The summed E-state index contributed by atoms with van der Waals surface area (Å²) >= 11 is 0. The Morgan fingerprint density at radius 2 is 1.66 bits per heavy atom. The average molecular weight is 398 g/mol. The van der Waals surface area contributed by atoms with E-state index < -0.39 is 36.3 Å². The van der Waals surface area contributed by atoms with Crippen LogP contribution in [0.2, 0.25) is 0 Å². The monoisotopic (exact) mass is 398 g/mol. The van der Waals surface area contributed by atoms with E-state index >= 15 is 0 Å². The third kappa shape index (κ3) is 3.35. The number of esters is 1. The quantitative estimate of drug-likeness (QED) is 0.740. The van der Waals surface area contributed by atoms with Gasteiger partial charge < -0.3 is 18.9 Å². The smallest absolute Gasteiger partial charge is 0.310 e.